The molecule has 0 aliphatic rings. The number of halogens is 1. The number of nitriles is 1. The predicted molar refractivity (Wildman–Crippen MR) is 148 cm³/mol. The molecule has 4 aromatic rings. The summed E-state index contributed by atoms with van der Waals surface area (Å²) in [6.45, 7) is 0.650. The second-order valence-corrected chi connectivity index (χ2v) is 8.61. The van der Waals surface area contributed by atoms with Gasteiger partial charge in [0.15, 0.2) is 0 Å². The Hall–Kier alpha value is -4.73. The average molecular weight is 525 g/mol. The van der Waals surface area contributed by atoms with Crippen molar-refractivity contribution in [2.75, 3.05) is 12.4 Å². The van der Waals surface area contributed by atoms with E-state index in [1.807, 2.05) is 60.7 Å². The highest BCUT2D eigenvalue weighted by Crippen LogP contribution is 2.28. The molecule has 0 aliphatic heterocycles. The number of methoxy groups -OCH3 is 1. The van der Waals surface area contributed by atoms with Gasteiger partial charge in [-0.1, -0.05) is 60.1 Å². The zero-order chi connectivity index (χ0) is 26.7. The Morgan fingerprint density at radius 1 is 0.895 bits per heavy atom. The minimum absolute atomic E-state index is 0.0706. The third kappa shape index (κ3) is 7.16. The lowest BCUT2D eigenvalue weighted by molar-refractivity contribution is -0.112. The summed E-state index contributed by atoms with van der Waals surface area (Å²) in [7, 11) is 1.56. The molecule has 0 fully saturated rings. The standard InChI is InChI=1S/C31H25ClN2O4/c1-36-28-14-11-23(30(18-28)38-20-22-7-3-2-4-8-22)17-25(19-33)31(35)34-26-12-15-27(16-13-26)37-21-24-9-5-6-10-29(24)32/h2-18H,20-21H2,1H3,(H,34,35)/b25-17+. The molecule has 6 nitrogen and oxygen atoms in total. The highest BCUT2D eigenvalue weighted by atomic mass is 35.5. The van der Waals surface area contributed by atoms with Gasteiger partial charge in [-0.15, -0.1) is 0 Å². The van der Waals surface area contributed by atoms with Gasteiger partial charge in [0.2, 0.25) is 0 Å². The van der Waals surface area contributed by atoms with Crippen LogP contribution in [-0.2, 0) is 18.0 Å². The number of anilines is 1. The Morgan fingerprint density at radius 2 is 1.61 bits per heavy atom. The van der Waals surface area contributed by atoms with E-state index in [-0.39, 0.29) is 5.57 Å². The summed E-state index contributed by atoms with van der Waals surface area (Å²) >= 11 is 6.17. The molecular weight excluding hydrogens is 500 g/mol. The number of benzene rings is 4. The fourth-order valence-electron chi connectivity index (χ4n) is 3.53. The van der Waals surface area contributed by atoms with Crippen LogP contribution in [0.2, 0.25) is 5.02 Å². The second kappa shape index (κ2) is 13.0. The molecular formula is C31H25ClN2O4. The molecule has 4 rings (SSSR count). The average Bonchev–Trinajstić information content (AvgIpc) is 2.96. The Kier molecular flexibility index (Phi) is 9.01. The van der Waals surface area contributed by atoms with Crippen LogP contribution in [-0.4, -0.2) is 13.0 Å². The summed E-state index contributed by atoms with van der Waals surface area (Å²) in [6, 6.07) is 31.3. The predicted octanol–water partition coefficient (Wildman–Crippen LogP) is 7.05. The maximum absolute atomic E-state index is 12.9. The Bertz CT molecular complexity index is 1460. The van der Waals surface area contributed by atoms with Gasteiger partial charge in [-0.2, -0.15) is 5.26 Å². The largest absolute Gasteiger partial charge is 0.497 e. The highest BCUT2D eigenvalue weighted by molar-refractivity contribution is 6.31. The van der Waals surface area contributed by atoms with Crippen LogP contribution in [0.5, 0.6) is 17.2 Å². The molecule has 7 heteroatoms. The molecule has 0 aliphatic carbocycles. The highest BCUT2D eigenvalue weighted by Gasteiger charge is 2.13. The van der Waals surface area contributed by atoms with E-state index in [9.17, 15) is 10.1 Å². The van der Waals surface area contributed by atoms with Crippen molar-refractivity contribution >= 4 is 29.3 Å². The van der Waals surface area contributed by atoms with Gasteiger partial charge in [-0.3, -0.25) is 4.79 Å². The summed E-state index contributed by atoms with van der Waals surface area (Å²) in [4.78, 5) is 12.9. The topological polar surface area (TPSA) is 80.6 Å². The van der Waals surface area contributed by atoms with Crippen LogP contribution >= 0.6 is 11.6 Å². The number of nitrogens with one attached hydrogen (secondary N) is 1. The number of hydrogen-bond acceptors (Lipinski definition) is 5. The number of rotatable bonds is 10. The number of carbonyl (C=O) groups is 1. The maximum atomic E-state index is 12.9. The summed E-state index contributed by atoms with van der Waals surface area (Å²) in [6.07, 6.45) is 1.50. The maximum Gasteiger partial charge on any atom is 0.266 e. The minimum Gasteiger partial charge on any atom is -0.497 e. The first kappa shape index (κ1) is 26.3. The van der Waals surface area contributed by atoms with E-state index in [1.165, 1.54) is 6.08 Å². The molecule has 0 saturated carbocycles. The summed E-state index contributed by atoms with van der Waals surface area (Å²) in [5, 5.41) is 13.1. The number of ether oxygens (including phenoxy) is 3. The summed E-state index contributed by atoms with van der Waals surface area (Å²) in [5.74, 6) is 1.18. The lowest BCUT2D eigenvalue weighted by Gasteiger charge is -2.12. The van der Waals surface area contributed by atoms with Crippen molar-refractivity contribution in [3.8, 4) is 23.3 Å². The molecule has 0 saturated heterocycles. The number of carbonyl (C=O) groups excluding carboxylic acids is 1. The lowest BCUT2D eigenvalue weighted by Crippen LogP contribution is -2.13. The van der Waals surface area contributed by atoms with E-state index >= 15 is 0 Å². The van der Waals surface area contributed by atoms with E-state index in [4.69, 9.17) is 25.8 Å². The smallest absolute Gasteiger partial charge is 0.266 e. The van der Waals surface area contributed by atoms with E-state index in [1.54, 1.807) is 49.6 Å². The minimum atomic E-state index is -0.540. The van der Waals surface area contributed by atoms with Crippen molar-refractivity contribution in [3.63, 3.8) is 0 Å². The van der Waals surface area contributed by atoms with Gasteiger partial charge in [0, 0.05) is 27.9 Å². The molecule has 4 aromatic carbocycles. The fraction of sp³-hybridized carbons (Fsp3) is 0.0968. The van der Waals surface area contributed by atoms with E-state index in [0.717, 1.165) is 11.1 Å². The van der Waals surface area contributed by atoms with Crippen molar-refractivity contribution in [1.82, 2.24) is 0 Å². The molecule has 0 radical (unpaired) electrons. The molecule has 0 spiro atoms. The van der Waals surface area contributed by atoms with Crippen LogP contribution in [0.15, 0.2) is 103 Å². The first-order valence-electron chi connectivity index (χ1n) is 11.8. The van der Waals surface area contributed by atoms with E-state index < -0.39 is 5.91 Å². The number of amides is 1. The van der Waals surface area contributed by atoms with Crippen LogP contribution in [0, 0.1) is 11.3 Å². The molecule has 1 N–H and O–H groups in total. The van der Waals surface area contributed by atoms with Crippen molar-refractivity contribution in [2.45, 2.75) is 13.2 Å². The van der Waals surface area contributed by atoms with Crippen LogP contribution in [0.25, 0.3) is 6.08 Å². The number of nitrogens with zero attached hydrogens (tertiary/aromatic N) is 1. The quantitative estimate of drug-likeness (QED) is 0.177. The molecule has 38 heavy (non-hydrogen) atoms. The van der Waals surface area contributed by atoms with Gasteiger partial charge in [0.05, 0.1) is 7.11 Å². The third-order valence-corrected chi connectivity index (χ3v) is 5.96. The first-order valence-corrected chi connectivity index (χ1v) is 12.2. The molecule has 0 unspecified atom stereocenters. The molecule has 0 heterocycles. The van der Waals surface area contributed by atoms with E-state index in [0.29, 0.717) is 46.7 Å². The van der Waals surface area contributed by atoms with Crippen LogP contribution in [0.4, 0.5) is 5.69 Å². The Morgan fingerprint density at radius 3 is 2.32 bits per heavy atom. The zero-order valence-corrected chi connectivity index (χ0v) is 21.4. The lowest BCUT2D eigenvalue weighted by atomic mass is 10.1. The van der Waals surface area contributed by atoms with Crippen LogP contribution < -0.4 is 19.5 Å². The SMILES string of the molecule is COc1ccc(/C=C(\C#N)C(=O)Nc2ccc(OCc3ccccc3Cl)cc2)c(OCc2ccccc2)c1. The van der Waals surface area contributed by atoms with Gasteiger partial charge in [-0.05, 0) is 54.1 Å². The molecule has 0 aromatic heterocycles. The van der Waals surface area contributed by atoms with Crippen molar-refractivity contribution < 1.29 is 19.0 Å². The van der Waals surface area contributed by atoms with Gasteiger partial charge >= 0.3 is 0 Å². The van der Waals surface area contributed by atoms with Gasteiger partial charge in [0.1, 0.15) is 42.1 Å². The summed E-state index contributed by atoms with van der Waals surface area (Å²) < 4.78 is 17.1. The Labute approximate surface area is 226 Å². The van der Waals surface area contributed by atoms with Crippen molar-refractivity contribution in [1.29, 1.82) is 5.26 Å². The monoisotopic (exact) mass is 524 g/mol. The second-order valence-electron chi connectivity index (χ2n) is 8.21. The fourth-order valence-corrected chi connectivity index (χ4v) is 3.73. The molecule has 0 atom stereocenters. The van der Waals surface area contributed by atoms with Crippen molar-refractivity contribution in [3.05, 3.63) is 124 Å². The van der Waals surface area contributed by atoms with Gasteiger partial charge < -0.3 is 19.5 Å². The molecule has 190 valence electrons. The van der Waals surface area contributed by atoms with Gasteiger partial charge in [-0.25, -0.2) is 0 Å². The Balaban J connectivity index is 1.44. The van der Waals surface area contributed by atoms with Crippen LogP contribution in [0.3, 0.4) is 0 Å². The van der Waals surface area contributed by atoms with E-state index in [2.05, 4.69) is 5.32 Å². The zero-order valence-electron chi connectivity index (χ0n) is 20.7. The first-order chi connectivity index (χ1) is 18.6. The molecule has 1 amide bonds. The third-order valence-electron chi connectivity index (χ3n) is 5.59. The van der Waals surface area contributed by atoms with Crippen molar-refractivity contribution in [2.24, 2.45) is 0 Å². The normalized spacial score (nSPS) is 10.8. The van der Waals surface area contributed by atoms with Gasteiger partial charge in [0.25, 0.3) is 5.91 Å². The molecule has 0 bridgehead atoms. The number of hydrogen-bond donors (Lipinski definition) is 1. The van der Waals surface area contributed by atoms with Crippen LogP contribution in [0.1, 0.15) is 16.7 Å². The summed E-state index contributed by atoms with van der Waals surface area (Å²) in [5.41, 5.74) is 2.90.